The van der Waals surface area contributed by atoms with Crippen LogP contribution in [-0.2, 0) is 6.42 Å². The SMILES string of the molecule is Cc1ccccc1N1c2ccc(F)cc2CC(C(C)CCN)S1(O)O. The third-order valence-corrected chi connectivity index (χ3v) is 7.32. The van der Waals surface area contributed by atoms with E-state index in [2.05, 4.69) is 0 Å². The number of hydrogen-bond donors (Lipinski definition) is 3. The monoisotopic (exact) mass is 364 g/mol. The molecular weight excluding hydrogens is 339 g/mol. The average Bonchev–Trinajstić information content (AvgIpc) is 2.55. The molecule has 1 aliphatic rings. The van der Waals surface area contributed by atoms with Gasteiger partial charge in [0.25, 0.3) is 0 Å². The lowest BCUT2D eigenvalue weighted by molar-refractivity contribution is 0.413. The first-order valence-electron chi connectivity index (χ1n) is 8.47. The quantitative estimate of drug-likeness (QED) is 0.725. The zero-order valence-electron chi connectivity index (χ0n) is 14.5. The number of nitrogens with zero attached hydrogens (tertiary/aromatic N) is 1. The van der Waals surface area contributed by atoms with Gasteiger partial charge >= 0.3 is 0 Å². The molecule has 0 aromatic heterocycles. The van der Waals surface area contributed by atoms with Crippen LogP contribution >= 0.6 is 10.8 Å². The van der Waals surface area contributed by atoms with Gasteiger partial charge in [-0.15, -0.1) is 10.8 Å². The number of nitrogens with two attached hydrogens (primary N) is 1. The minimum atomic E-state index is -3.13. The lowest BCUT2D eigenvalue weighted by atomic mass is 9.96. The van der Waals surface area contributed by atoms with Crippen molar-refractivity contribution in [2.45, 2.75) is 31.9 Å². The number of benzene rings is 2. The van der Waals surface area contributed by atoms with Crippen LogP contribution in [-0.4, -0.2) is 20.9 Å². The molecular formula is C19H25FN2O2S. The summed E-state index contributed by atoms with van der Waals surface area (Å²) >= 11 is 0. The number of hydrogen-bond acceptors (Lipinski definition) is 4. The number of halogens is 1. The molecule has 0 saturated carbocycles. The van der Waals surface area contributed by atoms with Crippen LogP contribution in [0.25, 0.3) is 0 Å². The Morgan fingerprint density at radius 3 is 2.64 bits per heavy atom. The van der Waals surface area contributed by atoms with Gasteiger partial charge in [0.2, 0.25) is 0 Å². The highest BCUT2D eigenvalue weighted by atomic mass is 32.3. The van der Waals surface area contributed by atoms with Crippen LogP contribution < -0.4 is 10.0 Å². The lowest BCUT2D eigenvalue weighted by Crippen LogP contribution is -2.41. The number of rotatable bonds is 4. The number of aryl methyl sites for hydroxylation is 1. The molecule has 0 spiro atoms. The van der Waals surface area contributed by atoms with E-state index in [0.29, 0.717) is 25.1 Å². The van der Waals surface area contributed by atoms with Crippen LogP contribution in [0.2, 0.25) is 0 Å². The van der Waals surface area contributed by atoms with Crippen LogP contribution in [0, 0.1) is 18.7 Å². The van der Waals surface area contributed by atoms with E-state index in [9.17, 15) is 13.5 Å². The van der Waals surface area contributed by atoms with Crippen LogP contribution in [0.15, 0.2) is 42.5 Å². The minimum absolute atomic E-state index is 0.0120. The largest absolute Gasteiger partial charge is 0.330 e. The maximum absolute atomic E-state index is 13.8. The summed E-state index contributed by atoms with van der Waals surface area (Å²) in [4.78, 5) is 0. The van der Waals surface area contributed by atoms with E-state index in [1.165, 1.54) is 12.1 Å². The van der Waals surface area contributed by atoms with E-state index >= 15 is 0 Å². The van der Waals surface area contributed by atoms with Gasteiger partial charge in [-0.05, 0) is 67.6 Å². The van der Waals surface area contributed by atoms with Gasteiger partial charge < -0.3 is 5.73 Å². The summed E-state index contributed by atoms with van der Waals surface area (Å²) in [6, 6.07) is 12.1. The Labute approximate surface area is 150 Å². The van der Waals surface area contributed by atoms with Crippen molar-refractivity contribution in [1.82, 2.24) is 0 Å². The van der Waals surface area contributed by atoms with Gasteiger partial charge in [-0.3, -0.25) is 9.11 Å². The number of anilines is 2. The van der Waals surface area contributed by atoms with Gasteiger partial charge in [0.05, 0.1) is 16.6 Å². The molecule has 2 unspecified atom stereocenters. The van der Waals surface area contributed by atoms with Gasteiger partial charge in [0.15, 0.2) is 0 Å². The highest BCUT2D eigenvalue weighted by Gasteiger charge is 2.42. The molecule has 1 aliphatic heterocycles. The summed E-state index contributed by atoms with van der Waals surface area (Å²) in [5.41, 5.74) is 8.81. The van der Waals surface area contributed by atoms with E-state index in [-0.39, 0.29) is 11.7 Å². The Morgan fingerprint density at radius 2 is 1.96 bits per heavy atom. The van der Waals surface area contributed by atoms with Crippen molar-refractivity contribution in [2.24, 2.45) is 11.7 Å². The Kier molecular flexibility index (Phi) is 5.06. The summed E-state index contributed by atoms with van der Waals surface area (Å²) in [5, 5.41) is -0.398. The van der Waals surface area contributed by atoms with E-state index in [1.54, 1.807) is 10.4 Å². The van der Waals surface area contributed by atoms with Gasteiger partial charge in [-0.1, -0.05) is 25.1 Å². The second-order valence-electron chi connectivity index (χ2n) is 6.71. The van der Waals surface area contributed by atoms with Crippen molar-refractivity contribution >= 4 is 22.2 Å². The Morgan fingerprint density at radius 1 is 1.24 bits per heavy atom. The summed E-state index contributed by atoms with van der Waals surface area (Å²) < 4.78 is 37.9. The molecule has 0 aliphatic carbocycles. The van der Waals surface area contributed by atoms with E-state index in [0.717, 1.165) is 16.8 Å². The molecule has 25 heavy (non-hydrogen) atoms. The van der Waals surface area contributed by atoms with Crippen LogP contribution in [0.1, 0.15) is 24.5 Å². The standard InChI is InChI=1S/C19H25FN2O2S/c1-13-5-3-4-6-17(13)22-18-8-7-16(20)11-15(18)12-19(25(22,23)24)14(2)9-10-21/h3-8,11,14,19,23-24H,9-10,12,21H2,1-2H3. The molecule has 0 bridgehead atoms. The molecule has 0 fully saturated rings. The molecule has 2 aromatic rings. The van der Waals surface area contributed by atoms with Gasteiger partial charge in [0, 0.05) is 0 Å². The molecule has 1 heterocycles. The summed E-state index contributed by atoms with van der Waals surface area (Å²) in [6.07, 6.45) is 1.12. The highest BCUT2D eigenvalue weighted by molar-refractivity contribution is 8.26. The second-order valence-corrected chi connectivity index (χ2v) is 8.81. The average molecular weight is 364 g/mol. The fourth-order valence-electron chi connectivity index (χ4n) is 3.55. The van der Waals surface area contributed by atoms with Crippen molar-refractivity contribution in [3.63, 3.8) is 0 Å². The number of para-hydroxylation sites is 1. The van der Waals surface area contributed by atoms with Crippen LogP contribution in [0.4, 0.5) is 15.8 Å². The topological polar surface area (TPSA) is 69.7 Å². The third kappa shape index (κ3) is 3.27. The van der Waals surface area contributed by atoms with E-state index < -0.39 is 16.0 Å². The molecule has 3 rings (SSSR count). The van der Waals surface area contributed by atoms with Crippen molar-refractivity contribution in [1.29, 1.82) is 0 Å². The summed E-state index contributed by atoms with van der Waals surface area (Å²) in [5.74, 6) is -0.301. The van der Waals surface area contributed by atoms with Crippen molar-refractivity contribution in [3.8, 4) is 0 Å². The van der Waals surface area contributed by atoms with Crippen molar-refractivity contribution in [3.05, 3.63) is 59.4 Å². The summed E-state index contributed by atoms with van der Waals surface area (Å²) in [7, 11) is -3.13. The maximum Gasteiger partial charge on any atom is 0.123 e. The second kappa shape index (κ2) is 6.96. The fourth-order valence-corrected chi connectivity index (χ4v) is 5.95. The van der Waals surface area contributed by atoms with E-state index in [4.69, 9.17) is 5.73 Å². The highest BCUT2D eigenvalue weighted by Crippen LogP contribution is 2.62. The predicted molar refractivity (Wildman–Crippen MR) is 103 cm³/mol. The fraction of sp³-hybridized carbons (Fsp3) is 0.368. The van der Waals surface area contributed by atoms with E-state index in [1.807, 2.05) is 38.1 Å². The molecule has 136 valence electrons. The zero-order chi connectivity index (χ0) is 18.2. The first-order chi connectivity index (χ1) is 11.9. The lowest BCUT2D eigenvalue weighted by Gasteiger charge is -2.54. The van der Waals surface area contributed by atoms with Crippen molar-refractivity contribution < 1.29 is 13.5 Å². The smallest absolute Gasteiger partial charge is 0.123 e. The van der Waals surface area contributed by atoms with Gasteiger partial charge in [-0.2, -0.15) is 0 Å². The van der Waals surface area contributed by atoms with Gasteiger partial charge in [0.1, 0.15) is 5.82 Å². The molecule has 2 atom stereocenters. The molecule has 0 radical (unpaired) electrons. The van der Waals surface area contributed by atoms with Gasteiger partial charge in [-0.25, -0.2) is 8.70 Å². The summed E-state index contributed by atoms with van der Waals surface area (Å²) in [6.45, 7) is 4.39. The molecule has 6 heteroatoms. The maximum atomic E-state index is 13.8. The zero-order valence-corrected chi connectivity index (χ0v) is 15.3. The van der Waals surface area contributed by atoms with Crippen LogP contribution in [0.3, 0.4) is 0 Å². The first kappa shape index (κ1) is 18.2. The molecule has 2 aromatic carbocycles. The molecule has 4 nitrogen and oxygen atoms in total. The minimum Gasteiger partial charge on any atom is -0.330 e. The normalized spacial score (nSPS) is 21.5. The first-order valence-corrected chi connectivity index (χ1v) is 10.0. The Hall–Kier alpha value is -1.60. The Bertz CT molecular complexity index is 769. The number of fused-ring (bicyclic) bond motifs is 1. The van der Waals surface area contributed by atoms with Crippen molar-refractivity contribution in [2.75, 3.05) is 10.8 Å². The molecule has 0 amide bonds. The Balaban J connectivity index is 2.18. The molecule has 0 saturated heterocycles. The van der Waals surface area contributed by atoms with Crippen LogP contribution in [0.5, 0.6) is 0 Å². The third-order valence-electron chi connectivity index (χ3n) is 4.95. The molecule has 4 N–H and O–H groups in total. The predicted octanol–water partition coefficient (Wildman–Crippen LogP) is 4.85.